The number of hydrogen-bond acceptors (Lipinski definition) is 11. The molecule has 13 heteroatoms. The number of nitriles is 2. The normalized spacial score (nSPS) is 15.9. The highest BCUT2D eigenvalue weighted by molar-refractivity contribution is 7.99. The summed E-state index contributed by atoms with van der Waals surface area (Å²) in [5, 5.41) is 26.2. The number of nitrogens with zero attached hydrogens (tertiary/aromatic N) is 6. The molecule has 0 N–H and O–H groups in total. The highest BCUT2D eigenvalue weighted by atomic mass is 32.2. The van der Waals surface area contributed by atoms with E-state index in [1.165, 1.54) is 11.8 Å². The zero-order valence-corrected chi connectivity index (χ0v) is 32.7. The Bertz CT molecular complexity index is 1680. The minimum absolute atomic E-state index is 0.0295. The van der Waals surface area contributed by atoms with Crippen LogP contribution in [0.5, 0.6) is 0 Å². The molecule has 2 aromatic carbocycles. The first-order valence-electron chi connectivity index (χ1n) is 18.9. The molecule has 0 radical (unpaired) electrons. The third kappa shape index (κ3) is 13.3. The highest BCUT2D eigenvalue weighted by Crippen LogP contribution is 2.29. The van der Waals surface area contributed by atoms with Crippen LogP contribution < -0.4 is 0 Å². The van der Waals surface area contributed by atoms with Crippen LogP contribution in [-0.2, 0) is 21.0 Å². The molecular formula is C41H52N6O6S. The van der Waals surface area contributed by atoms with E-state index in [9.17, 15) is 14.4 Å². The molecule has 2 heterocycles. The zero-order valence-electron chi connectivity index (χ0n) is 31.9. The van der Waals surface area contributed by atoms with Crippen LogP contribution in [0.25, 0.3) is 0 Å². The van der Waals surface area contributed by atoms with E-state index in [4.69, 9.17) is 24.9 Å². The fourth-order valence-corrected chi connectivity index (χ4v) is 7.26. The van der Waals surface area contributed by atoms with E-state index in [0.29, 0.717) is 74.2 Å². The van der Waals surface area contributed by atoms with Gasteiger partial charge in [0.1, 0.15) is 5.71 Å². The summed E-state index contributed by atoms with van der Waals surface area (Å²) in [6, 6.07) is 19.1. The topological polar surface area (TPSA) is 158 Å². The molecule has 0 aromatic heterocycles. The Balaban J connectivity index is 1.25. The number of Topliss-reactive ketones (excluding diaryl/α,β-unsaturated/α-hetero) is 1. The van der Waals surface area contributed by atoms with Gasteiger partial charge in [-0.25, -0.2) is 9.59 Å². The molecule has 54 heavy (non-hydrogen) atoms. The number of ketones is 1. The number of oxime groups is 2. The number of hydrogen-bond donors (Lipinski definition) is 0. The van der Waals surface area contributed by atoms with Gasteiger partial charge in [0.2, 0.25) is 5.78 Å². The molecule has 2 saturated heterocycles. The Hall–Kier alpha value is -4.72. The molecule has 0 unspecified atom stereocenters. The standard InChI is InChI=1S/C41H52N6O6S/c1-29(2)32-17-23-46(24-18-32)40(49)52-44-35(7-5-21-42)28-51-27-31-9-13-36(14-10-31)54-37-15-11-34(12-16-37)39(48)38(8-6-22-43)45-53-41(50)47-25-19-33(20-26-47)30(3)4/h9-16,29-30,32-33H,5-8,17-20,23-28H2,1-4H3/b44-35+,45-38+. The fraction of sp³-hybridized carbons (Fsp3) is 0.537. The second-order valence-electron chi connectivity index (χ2n) is 14.5. The summed E-state index contributed by atoms with van der Waals surface area (Å²) in [5.41, 5.74) is 1.85. The molecule has 0 bridgehead atoms. The molecular weight excluding hydrogens is 705 g/mol. The number of piperidine rings is 2. The average Bonchev–Trinajstić information content (AvgIpc) is 3.19. The van der Waals surface area contributed by atoms with Crippen LogP contribution in [0.2, 0.25) is 0 Å². The number of benzene rings is 2. The molecule has 2 fully saturated rings. The molecule has 12 nitrogen and oxygen atoms in total. The average molecular weight is 757 g/mol. The van der Waals surface area contributed by atoms with Crippen molar-refractivity contribution in [2.24, 2.45) is 34.0 Å². The van der Waals surface area contributed by atoms with Crippen molar-refractivity contribution in [2.45, 2.75) is 95.5 Å². The van der Waals surface area contributed by atoms with Gasteiger partial charge >= 0.3 is 12.2 Å². The highest BCUT2D eigenvalue weighted by Gasteiger charge is 2.27. The Labute approximate surface area is 323 Å². The second kappa shape index (κ2) is 21.9. The van der Waals surface area contributed by atoms with Crippen molar-refractivity contribution < 1.29 is 28.8 Å². The Morgan fingerprint density at radius 2 is 1.22 bits per heavy atom. The summed E-state index contributed by atoms with van der Waals surface area (Å²) >= 11 is 1.53. The van der Waals surface area contributed by atoms with Gasteiger partial charge in [-0.15, -0.1) is 0 Å². The van der Waals surface area contributed by atoms with Crippen molar-refractivity contribution in [1.82, 2.24) is 9.80 Å². The first kappa shape index (κ1) is 42.0. The van der Waals surface area contributed by atoms with Gasteiger partial charge in [0, 0.05) is 67.2 Å². The van der Waals surface area contributed by atoms with Crippen LogP contribution in [0, 0.1) is 46.3 Å². The molecule has 0 spiro atoms. The van der Waals surface area contributed by atoms with Gasteiger partial charge < -0.3 is 14.5 Å². The predicted octanol–water partition coefficient (Wildman–Crippen LogP) is 8.87. The third-order valence-electron chi connectivity index (χ3n) is 10.0. The van der Waals surface area contributed by atoms with Gasteiger partial charge in [-0.2, -0.15) is 10.5 Å². The van der Waals surface area contributed by atoms with Gasteiger partial charge in [0.05, 0.1) is 31.1 Å². The maximum atomic E-state index is 13.3. The lowest BCUT2D eigenvalue weighted by Gasteiger charge is -2.32. The van der Waals surface area contributed by atoms with Crippen molar-refractivity contribution >= 4 is 41.2 Å². The smallest absolute Gasteiger partial charge is 0.371 e. The van der Waals surface area contributed by atoms with Crippen LogP contribution in [0.3, 0.4) is 0 Å². The first-order valence-corrected chi connectivity index (χ1v) is 19.7. The number of carbonyl (C=O) groups is 3. The van der Waals surface area contributed by atoms with Gasteiger partial charge in [0.25, 0.3) is 0 Å². The Kier molecular flexibility index (Phi) is 17.0. The molecule has 4 rings (SSSR count). The van der Waals surface area contributed by atoms with E-state index in [2.05, 4.69) is 44.1 Å². The van der Waals surface area contributed by atoms with E-state index >= 15 is 0 Å². The summed E-state index contributed by atoms with van der Waals surface area (Å²) in [7, 11) is 0. The summed E-state index contributed by atoms with van der Waals surface area (Å²) in [4.78, 5) is 54.1. The Morgan fingerprint density at radius 1 is 0.741 bits per heavy atom. The molecule has 2 amide bonds. The summed E-state index contributed by atoms with van der Waals surface area (Å²) < 4.78 is 5.87. The minimum Gasteiger partial charge on any atom is -0.371 e. The molecule has 0 saturated carbocycles. The van der Waals surface area contributed by atoms with Gasteiger partial charge in [-0.1, -0.05) is 61.9 Å². The van der Waals surface area contributed by atoms with Gasteiger partial charge in [-0.05, 0) is 91.3 Å². The number of rotatable bonds is 16. The van der Waals surface area contributed by atoms with Crippen LogP contribution in [0.15, 0.2) is 68.6 Å². The molecule has 2 aliphatic rings. The van der Waals surface area contributed by atoms with Crippen LogP contribution in [0.4, 0.5) is 9.59 Å². The minimum atomic E-state index is -0.580. The van der Waals surface area contributed by atoms with Crippen LogP contribution >= 0.6 is 11.8 Å². The zero-order chi connectivity index (χ0) is 38.9. The van der Waals surface area contributed by atoms with E-state index in [0.717, 1.165) is 41.0 Å². The lowest BCUT2D eigenvalue weighted by atomic mass is 9.87. The maximum Gasteiger partial charge on any atom is 0.435 e. The van der Waals surface area contributed by atoms with Crippen LogP contribution in [-0.4, -0.2) is 72.0 Å². The molecule has 0 aliphatic carbocycles. The third-order valence-corrected chi connectivity index (χ3v) is 11.1. The van der Waals surface area contributed by atoms with E-state index in [1.807, 2.05) is 42.5 Å². The lowest BCUT2D eigenvalue weighted by molar-refractivity contribution is 0.0828. The number of likely N-dealkylation sites (tertiary alicyclic amines) is 2. The van der Waals surface area contributed by atoms with Crippen molar-refractivity contribution in [3.8, 4) is 12.1 Å². The molecule has 2 aliphatic heterocycles. The van der Waals surface area contributed by atoms with Gasteiger partial charge in [0.15, 0.2) is 0 Å². The largest absolute Gasteiger partial charge is 0.435 e. The van der Waals surface area contributed by atoms with Crippen LogP contribution in [0.1, 0.15) is 95.0 Å². The summed E-state index contributed by atoms with van der Waals surface area (Å²) in [5.74, 6) is 1.94. The van der Waals surface area contributed by atoms with Gasteiger partial charge in [-0.3, -0.25) is 14.5 Å². The quantitative estimate of drug-likeness (QED) is 0.0706. The maximum absolute atomic E-state index is 13.3. The summed E-state index contributed by atoms with van der Waals surface area (Å²) in [6.45, 7) is 11.7. The Morgan fingerprint density at radius 3 is 1.72 bits per heavy atom. The fourth-order valence-electron chi connectivity index (χ4n) is 6.45. The number of amides is 2. The predicted molar refractivity (Wildman–Crippen MR) is 207 cm³/mol. The number of carbonyl (C=O) groups excluding carboxylic acids is 3. The second-order valence-corrected chi connectivity index (χ2v) is 15.6. The molecule has 0 atom stereocenters. The number of ether oxygens (including phenoxy) is 1. The lowest BCUT2D eigenvalue weighted by Crippen LogP contribution is -2.39. The first-order chi connectivity index (χ1) is 26.1. The summed E-state index contributed by atoms with van der Waals surface area (Å²) in [6.07, 6.45) is 3.39. The SMILES string of the molecule is CC(C)C1CCN(C(=O)O/N=C(\CCC#N)COCc2ccc(Sc3ccc(C(=O)/C(CCC#N)=N/OC(=O)N4CCC(C(C)C)CC4)cc3)cc2)CC1. The van der Waals surface area contributed by atoms with E-state index in [-0.39, 0.29) is 31.6 Å². The van der Waals surface area contributed by atoms with E-state index in [1.54, 1.807) is 21.9 Å². The van der Waals surface area contributed by atoms with Crippen molar-refractivity contribution in [3.05, 3.63) is 59.7 Å². The van der Waals surface area contributed by atoms with Crippen molar-refractivity contribution in [2.75, 3.05) is 32.8 Å². The van der Waals surface area contributed by atoms with Crippen molar-refractivity contribution in [3.63, 3.8) is 0 Å². The molecule has 2 aromatic rings. The molecule has 288 valence electrons. The van der Waals surface area contributed by atoms with E-state index < -0.39 is 18.0 Å². The monoisotopic (exact) mass is 756 g/mol. The van der Waals surface area contributed by atoms with Crippen molar-refractivity contribution in [1.29, 1.82) is 10.5 Å².